The maximum Gasteiger partial charge on any atom is 0 e. The minimum absolute atomic E-state index is 0. The van der Waals surface area contributed by atoms with Gasteiger partial charge < -0.3 is 0 Å². The fourth-order valence-electron chi connectivity index (χ4n) is 0. The van der Waals surface area contributed by atoms with Gasteiger partial charge in [-0.15, -0.1) is 0 Å². The molecule has 0 unspecified atom stereocenters. The van der Waals surface area contributed by atoms with Gasteiger partial charge >= 0.3 is 31.3 Å². The van der Waals surface area contributed by atoms with E-state index in [4.69, 9.17) is 0 Å². The second-order valence-electron chi connectivity index (χ2n) is 0. The van der Waals surface area contributed by atoms with Crippen molar-refractivity contribution in [2.75, 3.05) is 0 Å². The van der Waals surface area contributed by atoms with Gasteiger partial charge in [-0.05, 0) is 0 Å². The molecule has 0 aliphatic rings. The molecule has 4 heteroatoms. The van der Waals surface area contributed by atoms with Crippen LogP contribution in [0.3, 0.4) is 0 Å². The van der Waals surface area contributed by atoms with Crippen LogP contribution in [0.1, 0.15) is 0 Å². The van der Waals surface area contributed by atoms with Gasteiger partial charge in [-0.3, -0.25) is 0 Å². The van der Waals surface area contributed by atoms with E-state index in [1.807, 2.05) is 17.7 Å². The molecule has 0 aliphatic heterocycles. The summed E-state index contributed by atoms with van der Waals surface area (Å²) in [6, 6.07) is 0. The van der Waals surface area contributed by atoms with E-state index < -0.39 is 0 Å². The quantitative estimate of drug-likeness (QED) is 0.543. The Balaban J connectivity index is -0.00000000500. The van der Waals surface area contributed by atoms with Crippen molar-refractivity contribution >= 4 is 0 Å². The van der Waals surface area contributed by atoms with Crippen LogP contribution in [-0.4, -0.2) is 0 Å². The first-order valence-corrected chi connectivity index (χ1v) is 4.07. The van der Waals surface area contributed by atoms with Crippen molar-refractivity contribution in [3.05, 3.63) is 0 Å². The van der Waals surface area contributed by atoms with E-state index in [-0.39, 0.29) is 36.5 Å². The Kier molecular flexibility index (Phi) is 74.0. The largest absolute Gasteiger partial charge is 0 e. The zero-order chi connectivity index (χ0) is 2.00. The van der Waals surface area contributed by atoms with Gasteiger partial charge in [0.15, 0.2) is 0 Å². The molecule has 0 atom stereocenters. The first kappa shape index (κ1) is 16.2. The molecule has 0 bridgehead atoms. The second kappa shape index (κ2) is 18.3. The molecule has 0 saturated heterocycles. The Hall–Kier alpha value is 2.36. The topological polar surface area (TPSA) is 0 Å². The summed E-state index contributed by atoms with van der Waals surface area (Å²) in [5.41, 5.74) is 0. The van der Waals surface area contributed by atoms with E-state index in [0.29, 0.717) is 0 Å². The van der Waals surface area contributed by atoms with Crippen LogP contribution in [0.5, 0.6) is 0 Å². The Labute approximate surface area is 67.0 Å². The minimum atomic E-state index is 0. The summed E-state index contributed by atoms with van der Waals surface area (Å²) in [7, 11) is 0. The van der Waals surface area contributed by atoms with Gasteiger partial charge in [0.2, 0.25) is 0 Å². The molecule has 0 aromatic carbocycles. The molecule has 0 radical (unpaired) electrons. The van der Waals surface area contributed by atoms with Crippen LogP contribution in [-0.2, 0) is 67.8 Å². The Morgan fingerprint density at radius 3 is 1.25 bits per heavy atom. The first-order chi connectivity index (χ1) is 1.00. The predicted molar refractivity (Wildman–Crippen MR) is 0 cm³/mol. The molecule has 0 saturated carbocycles. The summed E-state index contributed by atoms with van der Waals surface area (Å²) >= 11 is 4.46. The van der Waals surface area contributed by atoms with Crippen LogP contribution >= 0.6 is 0 Å². The Bertz CT molecular complexity index is 8.00. The molecule has 0 aromatic heterocycles. The minimum Gasteiger partial charge on any atom is 0 e. The molecule has 0 N–H and O–H groups in total. The van der Waals surface area contributed by atoms with Crippen LogP contribution in [0.15, 0.2) is 0 Å². The van der Waals surface area contributed by atoms with Gasteiger partial charge in [-0.1, -0.05) is 0 Å². The van der Waals surface area contributed by atoms with Crippen molar-refractivity contribution < 1.29 is 67.8 Å². The number of hydrogen-bond donors (Lipinski definition) is 0. The third kappa shape index (κ3) is 8.84. The Morgan fingerprint density at radius 1 is 1.25 bits per heavy atom. The van der Waals surface area contributed by atoms with Crippen LogP contribution in [0.4, 0.5) is 0 Å². The maximum atomic E-state index is 2.64. The summed E-state index contributed by atoms with van der Waals surface area (Å²) in [5.74, 6) is 0. The smallest absolute Gasteiger partial charge is 0 e. The average Bonchev–Trinajstić information content (AvgIpc) is 1.00. The third-order valence-corrected chi connectivity index (χ3v) is 0. The summed E-state index contributed by atoms with van der Waals surface area (Å²) in [6.07, 6.45) is 0. The number of hydrogen-bond acceptors (Lipinski definition) is 0. The van der Waals surface area contributed by atoms with Gasteiger partial charge in [-0.25, -0.2) is 0 Å². The Morgan fingerprint density at radius 2 is 1.25 bits per heavy atom. The third-order valence-electron chi connectivity index (χ3n) is 0. The maximum absolute atomic E-state index is 2.64. The van der Waals surface area contributed by atoms with E-state index in [2.05, 4.69) is 13.6 Å². The fourth-order valence-corrected chi connectivity index (χ4v) is 0. The SMILES string of the molecule is [Cr][Mo].[Fe].[Zn]. The van der Waals surface area contributed by atoms with Crippen molar-refractivity contribution in [1.29, 1.82) is 0 Å². The molecule has 0 aromatic rings. The molecule has 0 spiro atoms. The van der Waals surface area contributed by atoms with Crippen molar-refractivity contribution in [1.82, 2.24) is 0 Å². The molecule has 0 nitrogen and oxygen atoms in total. The molecule has 0 heterocycles. The van der Waals surface area contributed by atoms with E-state index in [1.54, 1.807) is 0 Å². The van der Waals surface area contributed by atoms with Gasteiger partial charge in [0, 0.05) is 36.5 Å². The van der Waals surface area contributed by atoms with Crippen molar-refractivity contribution in [2.24, 2.45) is 0 Å². The fraction of sp³-hybridized carbons (Fsp3) is 0. The van der Waals surface area contributed by atoms with Crippen LogP contribution in [0.25, 0.3) is 0 Å². The van der Waals surface area contributed by atoms with Crippen molar-refractivity contribution in [2.45, 2.75) is 0 Å². The van der Waals surface area contributed by atoms with Crippen LogP contribution < -0.4 is 0 Å². The van der Waals surface area contributed by atoms with E-state index in [9.17, 15) is 0 Å². The summed E-state index contributed by atoms with van der Waals surface area (Å²) < 4.78 is 0. The van der Waals surface area contributed by atoms with Crippen LogP contribution in [0.2, 0.25) is 0 Å². The van der Waals surface area contributed by atoms with E-state index in [1.165, 1.54) is 0 Å². The summed E-state index contributed by atoms with van der Waals surface area (Å²) in [6.45, 7) is 0. The average molecular weight is 269 g/mol. The zero-order valence-electron chi connectivity index (χ0n) is 1.88. The first-order valence-electron chi connectivity index (χ1n) is 0.167. The standard InChI is InChI=1S/Cr.Fe.Mo.Zn. The molecule has 0 rings (SSSR count). The van der Waals surface area contributed by atoms with E-state index >= 15 is 0 Å². The molecular formula is CrFeMoZn. The van der Waals surface area contributed by atoms with Crippen molar-refractivity contribution in [3.8, 4) is 0 Å². The van der Waals surface area contributed by atoms with Gasteiger partial charge in [0.25, 0.3) is 0 Å². The summed E-state index contributed by atoms with van der Waals surface area (Å²) in [5, 5.41) is 0. The van der Waals surface area contributed by atoms with Gasteiger partial charge in [0.1, 0.15) is 0 Å². The van der Waals surface area contributed by atoms with Gasteiger partial charge in [-0.2, -0.15) is 0 Å². The van der Waals surface area contributed by atoms with Crippen molar-refractivity contribution in [3.63, 3.8) is 0 Å². The summed E-state index contributed by atoms with van der Waals surface area (Å²) in [4.78, 5) is 0. The molecule has 0 aliphatic carbocycles. The predicted octanol–water partition coefficient (Wildman–Crippen LogP) is -0.0100. The molecule has 22 valence electrons. The molecule has 0 amide bonds. The van der Waals surface area contributed by atoms with Crippen LogP contribution in [0, 0.1) is 0 Å². The number of rotatable bonds is 0. The molecular weight excluding hydrogens is 269 g/mol. The molecule has 0 fully saturated rings. The monoisotopic (exact) mass is 270 g/mol. The molecule has 4 heavy (non-hydrogen) atoms. The van der Waals surface area contributed by atoms with Gasteiger partial charge in [0.05, 0.1) is 0 Å². The van der Waals surface area contributed by atoms with E-state index in [0.717, 1.165) is 0 Å². The zero-order valence-corrected chi connectivity index (χ0v) is 9.23. The normalized spacial score (nSPS) is 1.00. The second-order valence-corrected chi connectivity index (χ2v) is 0.